The van der Waals surface area contributed by atoms with E-state index in [1.54, 1.807) is 22.7 Å². The number of hydrogen-bond acceptors (Lipinski definition) is 4. The average molecular weight is 359 g/mol. The number of carbonyl (C=O) groups is 1. The fourth-order valence-electron chi connectivity index (χ4n) is 3.44. The summed E-state index contributed by atoms with van der Waals surface area (Å²) in [5, 5.41) is 4.39. The zero-order chi connectivity index (χ0) is 16.5. The van der Waals surface area contributed by atoms with E-state index in [0.29, 0.717) is 0 Å². The number of thiophene rings is 2. The van der Waals surface area contributed by atoms with Crippen molar-refractivity contribution in [2.45, 2.75) is 19.3 Å². The zero-order valence-corrected chi connectivity index (χ0v) is 15.5. The second-order valence-electron chi connectivity index (χ2n) is 6.69. The third kappa shape index (κ3) is 3.21. The number of nitrogens with zero attached hydrogens (tertiary/aromatic N) is 1. The Morgan fingerprint density at radius 3 is 2.83 bits per heavy atom. The number of piperidine rings is 1. The van der Waals surface area contributed by atoms with E-state index in [0.717, 1.165) is 23.8 Å². The largest absolute Gasteiger partial charge is 0.351 e. The van der Waals surface area contributed by atoms with E-state index < -0.39 is 0 Å². The maximum absolute atomic E-state index is 12.4. The standard InChI is InChI=1S/C19H22N2OS2/c1-21-10-7-13(8-11-21)6-9-20-19(22)17-12-16-18(24-17)14-4-2-3-5-15(14)23-16/h2-5,12-13H,6-11H2,1H3,(H,20,22). The van der Waals surface area contributed by atoms with Crippen molar-refractivity contribution in [2.75, 3.05) is 26.7 Å². The lowest BCUT2D eigenvalue weighted by Gasteiger charge is -2.28. The van der Waals surface area contributed by atoms with Crippen LogP contribution >= 0.6 is 22.7 Å². The summed E-state index contributed by atoms with van der Waals surface area (Å²) >= 11 is 3.39. The van der Waals surface area contributed by atoms with Crippen molar-refractivity contribution >= 4 is 48.1 Å². The molecule has 3 nitrogen and oxygen atoms in total. The number of carbonyl (C=O) groups excluding carboxylic acids is 1. The number of rotatable bonds is 4. The van der Waals surface area contributed by atoms with Crippen molar-refractivity contribution in [3.63, 3.8) is 0 Å². The minimum absolute atomic E-state index is 0.0837. The highest BCUT2D eigenvalue weighted by Gasteiger charge is 2.17. The van der Waals surface area contributed by atoms with Gasteiger partial charge in [-0.1, -0.05) is 18.2 Å². The Hall–Kier alpha value is -1.43. The molecular weight excluding hydrogens is 336 g/mol. The Bertz CT molecular complexity index is 859. The van der Waals surface area contributed by atoms with Crippen molar-refractivity contribution in [3.05, 3.63) is 35.2 Å². The molecule has 1 aromatic carbocycles. The van der Waals surface area contributed by atoms with E-state index in [1.807, 2.05) is 0 Å². The molecule has 1 aliphatic heterocycles. The maximum atomic E-state index is 12.4. The van der Waals surface area contributed by atoms with E-state index in [4.69, 9.17) is 0 Å². The van der Waals surface area contributed by atoms with Gasteiger partial charge in [0.15, 0.2) is 0 Å². The fraction of sp³-hybridized carbons (Fsp3) is 0.421. The summed E-state index contributed by atoms with van der Waals surface area (Å²) in [7, 11) is 2.18. The van der Waals surface area contributed by atoms with Gasteiger partial charge in [-0.05, 0) is 57.5 Å². The van der Waals surface area contributed by atoms with Crippen LogP contribution in [0.2, 0.25) is 0 Å². The third-order valence-electron chi connectivity index (χ3n) is 4.95. The summed E-state index contributed by atoms with van der Waals surface area (Å²) in [6.45, 7) is 3.17. The van der Waals surface area contributed by atoms with Crippen LogP contribution in [0, 0.1) is 5.92 Å². The van der Waals surface area contributed by atoms with E-state index in [9.17, 15) is 4.79 Å². The number of fused-ring (bicyclic) bond motifs is 3. The summed E-state index contributed by atoms with van der Waals surface area (Å²) in [6, 6.07) is 10.5. The lowest BCUT2D eigenvalue weighted by atomic mass is 9.94. The highest BCUT2D eigenvalue weighted by Crippen LogP contribution is 2.39. The summed E-state index contributed by atoms with van der Waals surface area (Å²) < 4.78 is 3.77. The van der Waals surface area contributed by atoms with Crippen molar-refractivity contribution in [3.8, 4) is 0 Å². The van der Waals surface area contributed by atoms with Crippen molar-refractivity contribution in [1.82, 2.24) is 10.2 Å². The SMILES string of the molecule is CN1CCC(CCNC(=O)c2cc3sc4ccccc4c3s2)CC1. The van der Waals surface area contributed by atoms with Gasteiger partial charge in [0.05, 0.1) is 9.58 Å². The van der Waals surface area contributed by atoms with Gasteiger partial charge in [-0.3, -0.25) is 4.79 Å². The summed E-state index contributed by atoms with van der Waals surface area (Å²) in [6.07, 6.45) is 3.61. The van der Waals surface area contributed by atoms with E-state index in [-0.39, 0.29) is 5.91 Å². The van der Waals surface area contributed by atoms with Crippen LogP contribution in [0.1, 0.15) is 28.9 Å². The minimum atomic E-state index is 0.0837. The van der Waals surface area contributed by atoms with Gasteiger partial charge < -0.3 is 10.2 Å². The molecule has 4 rings (SSSR count). The molecule has 1 aliphatic rings. The van der Waals surface area contributed by atoms with Gasteiger partial charge in [0, 0.05) is 21.3 Å². The molecule has 3 aromatic rings. The first kappa shape index (κ1) is 16.1. The van der Waals surface area contributed by atoms with E-state index in [1.165, 1.54) is 45.4 Å². The summed E-state index contributed by atoms with van der Waals surface area (Å²) in [5.41, 5.74) is 0. The van der Waals surface area contributed by atoms with Crippen LogP contribution < -0.4 is 5.32 Å². The molecule has 1 fully saturated rings. The van der Waals surface area contributed by atoms with Crippen LogP contribution in [0.4, 0.5) is 0 Å². The maximum Gasteiger partial charge on any atom is 0.261 e. The number of nitrogens with one attached hydrogen (secondary N) is 1. The van der Waals surface area contributed by atoms with Crippen LogP contribution in [-0.4, -0.2) is 37.5 Å². The number of benzene rings is 1. The molecule has 5 heteroatoms. The molecule has 1 N–H and O–H groups in total. The molecule has 0 bridgehead atoms. The molecule has 0 spiro atoms. The zero-order valence-electron chi connectivity index (χ0n) is 13.9. The van der Waals surface area contributed by atoms with Gasteiger partial charge >= 0.3 is 0 Å². The molecule has 24 heavy (non-hydrogen) atoms. The fourth-order valence-corrected chi connectivity index (χ4v) is 5.88. The first-order chi connectivity index (χ1) is 11.7. The minimum Gasteiger partial charge on any atom is -0.351 e. The van der Waals surface area contributed by atoms with Crippen molar-refractivity contribution in [2.24, 2.45) is 5.92 Å². The molecule has 1 amide bonds. The third-order valence-corrected chi connectivity index (χ3v) is 7.36. The van der Waals surface area contributed by atoms with Crippen molar-refractivity contribution < 1.29 is 4.79 Å². The summed E-state index contributed by atoms with van der Waals surface area (Å²) in [5.74, 6) is 0.845. The Labute approximate surface area is 150 Å². The first-order valence-corrected chi connectivity index (χ1v) is 10.2. The molecule has 126 valence electrons. The average Bonchev–Trinajstić information content (AvgIpc) is 3.14. The number of hydrogen-bond donors (Lipinski definition) is 1. The lowest BCUT2D eigenvalue weighted by molar-refractivity contribution is 0.0953. The highest BCUT2D eigenvalue weighted by atomic mass is 32.1. The Morgan fingerprint density at radius 1 is 1.21 bits per heavy atom. The van der Waals surface area contributed by atoms with E-state index >= 15 is 0 Å². The topological polar surface area (TPSA) is 32.3 Å². The quantitative estimate of drug-likeness (QED) is 0.740. The first-order valence-electron chi connectivity index (χ1n) is 8.58. The number of likely N-dealkylation sites (tertiary alicyclic amines) is 1. The molecule has 0 saturated carbocycles. The second-order valence-corrected chi connectivity index (χ2v) is 8.83. The predicted molar refractivity (Wildman–Crippen MR) is 104 cm³/mol. The van der Waals surface area contributed by atoms with E-state index in [2.05, 4.69) is 47.6 Å². The van der Waals surface area contributed by atoms with Gasteiger partial charge in [-0.25, -0.2) is 0 Å². The lowest BCUT2D eigenvalue weighted by Crippen LogP contribution is -2.32. The molecule has 0 unspecified atom stereocenters. The van der Waals surface area contributed by atoms with Gasteiger partial charge in [0.2, 0.25) is 0 Å². The molecular formula is C19H22N2OS2. The second kappa shape index (κ2) is 6.82. The molecule has 3 heterocycles. The smallest absolute Gasteiger partial charge is 0.261 e. The molecule has 0 radical (unpaired) electrons. The summed E-state index contributed by atoms with van der Waals surface area (Å²) in [4.78, 5) is 15.7. The van der Waals surface area contributed by atoms with Gasteiger partial charge in [-0.15, -0.1) is 22.7 Å². The van der Waals surface area contributed by atoms with Gasteiger partial charge in [-0.2, -0.15) is 0 Å². The van der Waals surface area contributed by atoms with Crippen LogP contribution in [0.3, 0.4) is 0 Å². The van der Waals surface area contributed by atoms with Crippen molar-refractivity contribution in [1.29, 1.82) is 0 Å². The molecule has 0 atom stereocenters. The van der Waals surface area contributed by atoms with Gasteiger partial charge in [0.1, 0.15) is 0 Å². The van der Waals surface area contributed by atoms with Crippen LogP contribution in [0.5, 0.6) is 0 Å². The molecule has 1 saturated heterocycles. The van der Waals surface area contributed by atoms with Crippen LogP contribution in [0.15, 0.2) is 30.3 Å². The molecule has 2 aromatic heterocycles. The predicted octanol–water partition coefficient (Wildman–Crippen LogP) is 4.58. The van der Waals surface area contributed by atoms with Crippen LogP contribution in [0.25, 0.3) is 19.5 Å². The highest BCUT2D eigenvalue weighted by molar-refractivity contribution is 7.33. The monoisotopic (exact) mass is 358 g/mol. The molecule has 0 aliphatic carbocycles. The normalized spacial score (nSPS) is 16.9. The Morgan fingerprint density at radius 2 is 2.00 bits per heavy atom. The Kier molecular flexibility index (Phi) is 4.57. The Balaban J connectivity index is 1.38. The van der Waals surface area contributed by atoms with Crippen LogP contribution in [-0.2, 0) is 0 Å². The number of amides is 1. The van der Waals surface area contributed by atoms with Gasteiger partial charge in [0.25, 0.3) is 5.91 Å².